The van der Waals surface area contributed by atoms with E-state index in [1.54, 1.807) is 0 Å². The summed E-state index contributed by atoms with van der Waals surface area (Å²) in [4.78, 5) is 2.13. The van der Waals surface area contributed by atoms with Gasteiger partial charge in [0.2, 0.25) is 0 Å². The standard InChI is InChI=1S/C9H20N2O2S/c1-3-5-14(12,13)6-4-11(2)9-7-10-8-9/h9-10H,3-8H2,1-2H3. The molecular weight excluding hydrogens is 200 g/mol. The maximum atomic E-state index is 11.4. The van der Waals surface area contributed by atoms with Crippen LogP contribution in [0.25, 0.3) is 0 Å². The Balaban J connectivity index is 2.24. The summed E-state index contributed by atoms with van der Waals surface area (Å²) in [6.45, 7) is 4.54. The Bertz CT molecular complexity index is 260. The summed E-state index contributed by atoms with van der Waals surface area (Å²) in [5, 5.41) is 3.17. The minimum atomic E-state index is -2.81. The van der Waals surface area contributed by atoms with Crippen molar-refractivity contribution in [2.45, 2.75) is 19.4 Å². The van der Waals surface area contributed by atoms with Gasteiger partial charge in [0, 0.05) is 31.4 Å². The third-order valence-corrected chi connectivity index (χ3v) is 4.49. The Hall–Kier alpha value is -0.130. The Morgan fingerprint density at radius 2 is 2.00 bits per heavy atom. The van der Waals surface area contributed by atoms with Crippen molar-refractivity contribution in [3.63, 3.8) is 0 Å². The van der Waals surface area contributed by atoms with E-state index in [1.807, 2.05) is 14.0 Å². The summed E-state index contributed by atoms with van der Waals surface area (Å²) in [6, 6.07) is 0.534. The summed E-state index contributed by atoms with van der Waals surface area (Å²) in [5.41, 5.74) is 0. The molecule has 84 valence electrons. The molecule has 0 aliphatic carbocycles. The van der Waals surface area contributed by atoms with Gasteiger partial charge >= 0.3 is 0 Å². The summed E-state index contributed by atoms with van der Waals surface area (Å²) < 4.78 is 22.8. The number of nitrogens with one attached hydrogen (secondary N) is 1. The normalized spacial score (nSPS) is 18.5. The first-order valence-electron chi connectivity index (χ1n) is 5.16. The molecule has 1 aliphatic rings. The lowest BCUT2D eigenvalue weighted by Crippen LogP contribution is -2.56. The van der Waals surface area contributed by atoms with Crippen molar-refractivity contribution in [1.82, 2.24) is 10.2 Å². The molecule has 0 unspecified atom stereocenters. The van der Waals surface area contributed by atoms with Crippen LogP contribution in [0.15, 0.2) is 0 Å². The third kappa shape index (κ3) is 3.55. The van der Waals surface area contributed by atoms with Crippen molar-refractivity contribution in [3.8, 4) is 0 Å². The molecule has 0 aromatic heterocycles. The quantitative estimate of drug-likeness (QED) is 0.668. The fourth-order valence-electron chi connectivity index (χ4n) is 1.46. The highest BCUT2D eigenvalue weighted by atomic mass is 32.2. The minimum absolute atomic E-state index is 0.299. The van der Waals surface area contributed by atoms with Crippen LogP contribution in [0.3, 0.4) is 0 Å². The number of sulfone groups is 1. The molecular formula is C9H20N2O2S. The Morgan fingerprint density at radius 3 is 2.43 bits per heavy atom. The van der Waals surface area contributed by atoms with Gasteiger partial charge in [-0.3, -0.25) is 4.90 Å². The highest BCUT2D eigenvalue weighted by Gasteiger charge is 2.22. The predicted molar refractivity (Wildman–Crippen MR) is 58.2 cm³/mol. The van der Waals surface area contributed by atoms with E-state index in [9.17, 15) is 8.42 Å². The first-order chi connectivity index (χ1) is 6.55. The highest BCUT2D eigenvalue weighted by Crippen LogP contribution is 2.03. The van der Waals surface area contributed by atoms with Crippen LogP contribution >= 0.6 is 0 Å². The zero-order chi connectivity index (χ0) is 10.6. The molecule has 0 aromatic rings. The largest absolute Gasteiger partial charge is 0.314 e. The molecule has 1 N–H and O–H groups in total. The lowest BCUT2D eigenvalue weighted by Gasteiger charge is -2.35. The van der Waals surface area contributed by atoms with Gasteiger partial charge in [0.1, 0.15) is 0 Å². The summed E-state index contributed by atoms with van der Waals surface area (Å²) in [5.74, 6) is 0.623. The molecule has 1 aliphatic heterocycles. The molecule has 0 saturated carbocycles. The average Bonchev–Trinajstić information content (AvgIpc) is 1.98. The lowest BCUT2D eigenvalue weighted by molar-refractivity contribution is 0.189. The first-order valence-corrected chi connectivity index (χ1v) is 6.98. The molecule has 0 amide bonds. The summed E-state index contributed by atoms with van der Waals surface area (Å²) in [7, 11) is -0.813. The van der Waals surface area contributed by atoms with Gasteiger partial charge in [0.15, 0.2) is 9.84 Å². The van der Waals surface area contributed by atoms with E-state index in [0.717, 1.165) is 19.5 Å². The van der Waals surface area contributed by atoms with Gasteiger partial charge in [-0.2, -0.15) is 0 Å². The maximum absolute atomic E-state index is 11.4. The van der Waals surface area contributed by atoms with Crippen LogP contribution < -0.4 is 5.32 Å². The van der Waals surface area contributed by atoms with Gasteiger partial charge in [0.25, 0.3) is 0 Å². The third-order valence-electron chi connectivity index (χ3n) is 2.65. The highest BCUT2D eigenvalue weighted by molar-refractivity contribution is 7.91. The molecule has 0 bridgehead atoms. The second-order valence-electron chi connectivity index (χ2n) is 3.94. The molecule has 0 radical (unpaired) electrons. The number of hydrogen-bond donors (Lipinski definition) is 1. The van der Waals surface area contributed by atoms with Crippen LogP contribution in [0, 0.1) is 0 Å². The smallest absolute Gasteiger partial charge is 0.151 e. The number of likely N-dealkylation sites (N-methyl/N-ethyl adjacent to an activating group) is 1. The monoisotopic (exact) mass is 220 g/mol. The molecule has 14 heavy (non-hydrogen) atoms. The van der Waals surface area contributed by atoms with E-state index in [1.165, 1.54) is 0 Å². The van der Waals surface area contributed by atoms with Gasteiger partial charge < -0.3 is 5.32 Å². The van der Waals surface area contributed by atoms with E-state index >= 15 is 0 Å². The van der Waals surface area contributed by atoms with Gasteiger partial charge in [-0.15, -0.1) is 0 Å². The minimum Gasteiger partial charge on any atom is -0.314 e. The van der Waals surface area contributed by atoms with E-state index in [4.69, 9.17) is 0 Å². The topological polar surface area (TPSA) is 49.4 Å². The number of nitrogens with zero attached hydrogens (tertiary/aromatic N) is 1. The Labute approximate surface area is 86.6 Å². The van der Waals surface area contributed by atoms with E-state index in [-0.39, 0.29) is 0 Å². The van der Waals surface area contributed by atoms with Gasteiger partial charge in [0.05, 0.1) is 5.75 Å². The molecule has 0 spiro atoms. The van der Waals surface area contributed by atoms with Crippen molar-refractivity contribution >= 4 is 9.84 Å². The van der Waals surface area contributed by atoms with E-state index in [0.29, 0.717) is 24.1 Å². The lowest BCUT2D eigenvalue weighted by atomic mass is 10.1. The second-order valence-corrected chi connectivity index (χ2v) is 6.25. The van der Waals surface area contributed by atoms with Crippen LogP contribution in [0.1, 0.15) is 13.3 Å². The average molecular weight is 220 g/mol. The molecule has 4 nitrogen and oxygen atoms in total. The zero-order valence-corrected chi connectivity index (χ0v) is 9.81. The van der Waals surface area contributed by atoms with Gasteiger partial charge in [-0.25, -0.2) is 8.42 Å². The molecule has 1 rings (SSSR count). The molecule has 0 atom stereocenters. The van der Waals surface area contributed by atoms with E-state index < -0.39 is 9.84 Å². The van der Waals surface area contributed by atoms with Crippen molar-refractivity contribution in [2.24, 2.45) is 0 Å². The van der Waals surface area contributed by atoms with Crippen LogP contribution in [0.2, 0.25) is 0 Å². The van der Waals surface area contributed by atoms with Crippen LogP contribution in [-0.4, -0.2) is 57.5 Å². The van der Waals surface area contributed by atoms with Crippen LogP contribution in [0.4, 0.5) is 0 Å². The summed E-state index contributed by atoms with van der Waals surface area (Å²) in [6.07, 6.45) is 0.719. The molecule has 1 heterocycles. The molecule has 0 aromatic carbocycles. The van der Waals surface area contributed by atoms with Gasteiger partial charge in [-0.1, -0.05) is 6.92 Å². The number of rotatable bonds is 6. The van der Waals surface area contributed by atoms with Crippen LogP contribution in [-0.2, 0) is 9.84 Å². The Morgan fingerprint density at radius 1 is 1.36 bits per heavy atom. The maximum Gasteiger partial charge on any atom is 0.151 e. The fraction of sp³-hybridized carbons (Fsp3) is 1.00. The second kappa shape index (κ2) is 5.09. The van der Waals surface area contributed by atoms with Crippen molar-refractivity contribution in [2.75, 3.05) is 38.2 Å². The van der Waals surface area contributed by atoms with E-state index in [2.05, 4.69) is 10.2 Å². The fourth-order valence-corrected chi connectivity index (χ4v) is 2.86. The predicted octanol–water partition coefficient (Wildman–Crippen LogP) is -0.285. The van der Waals surface area contributed by atoms with Gasteiger partial charge in [-0.05, 0) is 13.5 Å². The van der Waals surface area contributed by atoms with Crippen LogP contribution in [0.5, 0.6) is 0 Å². The molecule has 1 saturated heterocycles. The van der Waals surface area contributed by atoms with Crippen molar-refractivity contribution in [1.29, 1.82) is 0 Å². The summed E-state index contributed by atoms with van der Waals surface area (Å²) >= 11 is 0. The molecule has 1 fully saturated rings. The first kappa shape index (κ1) is 11.9. The van der Waals surface area contributed by atoms with Crippen molar-refractivity contribution < 1.29 is 8.42 Å². The number of hydrogen-bond acceptors (Lipinski definition) is 4. The zero-order valence-electron chi connectivity index (χ0n) is 8.99. The molecule has 5 heteroatoms. The SMILES string of the molecule is CCCS(=O)(=O)CCN(C)C1CNC1. The Kier molecular flexibility index (Phi) is 4.34. The van der Waals surface area contributed by atoms with Crippen molar-refractivity contribution in [3.05, 3.63) is 0 Å².